The van der Waals surface area contributed by atoms with E-state index in [2.05, 4.69) is 20.3 Å². The third-order valence-electron chi connectivity index (χ3n) is 10.2. The Hall–Kier alpha value is -6.62. The van der Waals surface area contributed by atoms with Gasteiger partial charge >= 0.3 is 11.7 Å². The number of fused-ring (bicyclic) bond motifs is 1. The second kappa shape index (κ2) is 17.1. The van der Waals surface area contributed by atoms with Gasteiger partial charge in [0.25, 0.3) is 21.5 Å². The van der Waals surface area contributed by atoms with Gasteiger partial charge < -0.3 is 10.1 Å². The van der Waals surface area contributed by atoms with Crippen LogP contribution in [0.1, 0.15) is 60.8 Å². The Morgan fingerprint density at radius 2 is 1.59 bits per heavy atom. The molecule has 1 saturated carbocycles. The number of halogens is 2. The molecule has 3 aromatic heterocycles. The molecule has 1 aliphatic carbocycles. The molecule has 0 spiro atoms. The summed E-state index contributed by atoms with van der Waals surface area (Å²) in [5.74, 6) is -3.78. The Labute approximate surface area is 337 Å². The minimum atomic E-state index is -4.40. The highest BCUT2D eigenvalue weighted by atomic mass is 32.2. The number of pyridine rings is 1. The van der Waals surface area contributed by atoms with Crippen LogP contribution in [0.4, 0.5) is 14.5 Å². The molecule has 7 rings (SSSR count). The second-order valence-electron chi connectivity index (χ2n) is 14.2. The summed E-state index contributed by atoms with van der Waals surface area (Å²) < 4.78 is 67.5. The molecule has 1 atom stereocenters. The number of sulfonamides is 1. The first kappa shape index (κ1) is 40.6. The number of nitrogens with one attached hydrogen (secondary N) is 2. The molecule has 0 radical (unpaired) electrons. The summed E-state index contributed by atoms with van der Waals surface area (Å²) in [4.78, 5) is 65.8. The van der Waals surface area contributed by atoms with E-state index in [0.717, 1.165) is 23.8 Å². The number of benzene rings is 3. The van der Waals surface area contributed by atoms with Gasteiger partial charge in [-0.25, -0.2) is 41.3 Å². The van der Waals surface area contributed by atoms with E-state index in [4.69, 9.17) is 4.74 Å². The largest absolute Gasteiger partial charge is 0.461 e. The van der Waals surface area contributed by atoms with Gasteiger partial charge in [0.1, 0.15) is 29.6 Å². The molecule has 0 bridgehead atoms. The number of carbonyl (C=O) groups excluding carboxylic acids is 2. The average Bonchev–Trinajstić information content (AvgIpc) is 3.24. The predicted octanol–water partition coefficient (Wildman–Crippen LogP) is 5.40. The van der Waals surface area contributed by atoms with Crippen molar-refractivity contribution < 1.29 is 31.5 Å². The summed E-state index contributed by atoms with van der Waals surface area (Å²) >= 11 is 0. The maximum Gasteiger partial charge on any atom is 0.335 e. The molecule has 1 fully saturated rings. The van der Waals surface area contributed by atoms with E-state index in [-0.39, 0.29) is 28.5 Å². The highest BCUT2D eigenvalue weighted by Gasteiger charge is 2.29. The number of amides is 1. The molecule has 14 nitrogen and oxygen atoms in total. The van der Waals surface area contributed by atoms with Crippen molar-refractivity contribution in [3.63, 3.8) is 0 Å². The fourth-order valence-corrected chi connectivity index (χ4v) is 7.97. The van der Waals surface area contributed by atoms with E-state index in [9.17, 15) is 27.6 Å². The van der Waals surface area contributed by atoms with Crippen molar-refractivity contribution in [1.82, 2.24) is 29.4 Å². The van der Waals surface area contributed by atoms with Crippen LogP contribution in [0, 0.1) is 11.6 Å². The van der Waals surface area contributed by atoms with Crippen LogP contribution >= 0.6 is 0 Å². The van der Waals surface area contributed by atoms with Gasteiger partial charge in [-0.1, -0.05) is 37.6 Å². The van der Waals surface area contributed by atoms with Crippen LogP contribution in [0.5, 0.6) is 0 Å². The van der Waals surface area contributed by atoms with E-state index in [1.807, 2.05) is 11.6 Å². The lowest BCUT2D eigenvalue weighted by Gasteiger charge is -2.25. The summed E-state index contributed by atoms with van der Waals surface area (Å²) in [5, 5.41) is 2.75. The van der Waals surface area contributed by atoms with Crippen LogP contribution in [0.3, 0.4) is 0 Å². The number of aryl methyl sites for hydroxylation is 2. The van der Waals surface area contributed by atoms with Crippen molar-refractivity contribution in [2.24, 2.45) is 7.05 Å². The van der Waals surface area contributed by atoms with Crippen LogP contribution in [0.15, 0.2) is 106 Å². The first-order chi connectivity index (χ1) is 28.3. The number of nitrogens with zero attached hydrogens (tertiary/aromatic N) is 5. The van der Waals surface area contributed by atoms with Crippen LogP contribution in [0.2, 0.25) is 0 Å². The van der Waals surface area contributed by atoms with Crippen molar-refractivity contribution in [2.45, 2.75) is 68.9 Å². The fourth-order valence-electron chi connectivity index (χ4n) is 6.91. The van der Waals surface area contributed by atoms with Gasteiger partial charge in [-0.15, -0.1) is 0 Å². The van der Waals surface area contributed by atoms with E-state index < -0.39 is 62.1 Å². The molecule has 1 amide bonds. The van der Waals surface area contributed by atoms with Crippen molar-refractivity contribution in [1.29, 1.82) is 0 Å². The Morgan fingerprint density at radius 1 is 0.898 bits per heavy atom. The molecule has 0 aliphatic heterocycles. The smallest absolute Gasteiger partial charge is 0.335 e. The Bertz CT molecular complexity index is 2770. The average molecular weight is 824 g/mol. The van der Waals surface area contributed by atoms with Crippen LogP contribution in [0.25, 0.3) is 27.7 Å². The van der Waals surface area contributed by atoms with Crippen LogP contribution in [-0.4, -0.2) is 56.5 Å². The van der Waals surface area contributed by atoms with Gasteiger partial charge in [0.2, 0.25) is 0 Å². The van der Waals surface area contributed by atoms with Crippen molar-refractivity contribution in [3.05, 3.63) is 141 Å². The van der Waals surface area contributed by atoms with Crippen molar-refractivity contribution in [3.8, 4) is 16.8 Å². The van der Waals surface area contributed by atoms with Gasteiger partial charge in [0.05, 0.1) is 38.9 Å². The molecule has 0 unspecified atom stereocenters. The lowest BCUT2D eigenvalue weighted by Crippen LogP contribution is -2.45. The molecule has 304 valence electrons. The number of anilines is 1. The van der Waals surface area contributed by atoms with Crippen molar-refractivity contribution >= 4 is 38.5 Å². The monoisotopic (exact) mass is 823 g/mol. The first-order valence-corrected chi connectivity index (χ1v) is 20.4. The molecule has 3 heterocycles. The van der Waals surface area contributed by atoms with Gasteiger partial charge in [0, 0.05) is 50.1 Å². The summed E-state index contributed by atoms with van der Waals surface area (Å²) in [6, 6.07) is 13.0. The predicted molar refractivity (Wildman–Crippen MR) is 215 cm³/mol. The topological polar surface area (TPSA) is 184 Å². The highest BCUT2D eigenvalue weighted by molar-refractivity contribution is 7.92. The Balaban J connectivity index is 1.09. The fraction of sp³-hybridized carbons (Fsp3) is 0.262. The lowest BCUT2D eigenvalue weighted by atomic mass is 9.97. The Kier molecular flexibility index (Phi) is 11.7. The third-order valence-corrected chi connectivity index (χ3v) is 11.6. The van der Waals surface area contributed by atoms with Gasteiger partial charge in [-0.05, 0) is 73.2 Å². The summed E-state index contributed by atoms with van der Waals surface area (Å²) in [6.45, 7) is 1.92. The minimum absolute atomic E-state index is 0.147. The zero-order valence-electron chi connectivity index (χ0n) is 32.0. The Morgan fingerprint density at radius 3 is 2.27 bits per heavy atom. The number of hydrogen-bond donors (Lipinski definition) is 2. The normalized spacial score (nSPS) is 13.8. The van der Waals surface area contributed by atoms with Crippen LogP contribution < -0.4 is 21.3 Å². The summed E-state index contributed by atoms with van der Waals surface area (Å²) in [5.41, 5.74) is -0.267. The molecule has 59 heavy (non-hydrogen) atoms. The number of hydrogen-bond acceptors (Lipinski definition) is 10. The lowest BCUT2D eigenvalue weighted by molar-refractivity contribution is -0.152. The number of carbonyl (C=O) groups is 2. The summed E-state index contributed by atoms with van der Waals surface area (Å²) in [6.07, 6.45) is 10.2. The molecule has 1 aliphatic rings. The highest BCUT2D eigenvalue weighted by Crippen LogP contribution is 2.26. The maximum absolute atomic E-state index is 15.6. The van der Waals surface area contributed by atoms with E-state index >= 15 is 8.78 Å². The van der Waals surface area contributed by atoms with Gasteiger partial charge in [0.15, 0.2) is 0 Å². The quantitative estimate of drug-likeness (QED) is 0.152. The zero-order chi connectivity index (χ0) is 41.8. The number of esters is 1. The standard InChI is InChI=1S/C42H39F2N7O7S/c1-3-38-46-22-27(23-47-38)26-11-15-30(16-12-26)59(56,57)49-35-21-33(43)32(20-34(35)44)39(52)48-36(41(54)58-29-7-5-4-6-8-29)19-25-9-13-28(14-10-25)51-40(53)31-17-18-45-24-37(31)50(2)42(51)55/h9-18,20-24,29,36,49H,3-8,19H2,1-2H3,(H,48,52)/t36-/m0/s1. The summed E-state index contributed by atoms with van der Waals surface area (Å²) in [7, 11) is -2.88. The van der Waals surface area contributed by atoms with E-state index in [1.165, 1.54) is 66.5 Å². The second-order valence-corrected chi connectivity index (χ2v) is 15.8. The molecule has 6 aromatic rings. The van der Waals surface area contributed by atoms with Gasteiger partial charge in [-0.3, -0.25) is 23.9 Å². The zero-order valence-corrected chi connectivity index (χ0v) is 32.8. The minimum Gasteiger partial charge on any atom is -0.461 e. The molecular weight excluding hydrogens is 785 g/mol. The third kappa shape index (κ3) is 8.79. The molecule has 3 aromatic carbocycles. The number of aromatic nitrogens is 5. The number of ether oxygens (including phenoxy) is 1. The molecule has 17 heteroatoms. The SMILES string of the molecule is CCc1ncc(-c2ccc(S(=O)(=O)Nc3cc(F)c(C(=O)N[C@@H](Cc4ccc(-n5c(=O)c6ccncc6n(C)c5=O)cc4)C(=O)OC4CCCCC4)cc3F)cc2)cn1. The molecular formula is C42H39F2N7O7S. The van der Waals surface area contributed by atoms with Crippen molar-refractivity contribution in [2.75, 3.05) is 4.72 Å². The van der Waals surface area contributed by atoms with Crippen LogP contribution in [-0.2, 0) is 39.4 Å². The number of rotatable bonds is 12. The molecule has 2 N–H and O–H groups in total. The van der Waals surface area contributed by atoms with E-state index in [0.29, 0.717) is 59.4 Å². The maximum atomic E-state index is 15.6. The first-order valence-electron chi connectivity index (χ1n) is 18.9. The van der Waals surface area contributed by atoms with E-state index in [1.54, 1.807) is 24.5 Å². The molecule has 0 saturated heterocycles. The van der Waals surface area contributed by atoms with Gasteiger partial charge in [-0.2, -0.15) is 0 Å².